The van der Waals surface area contributed by atoms with Crippen LogP contribution in [-0.4, -0.2) is 32.5 Å². The number of ether oxygens (including phenoxy) is 1. The molecule has 1 aromatic carbocycles. The molecule has 1 heterocycles. The van der Waals surface area contributed by atoms with Crippen LogP contribution in [0.2, 0.25) is 5.02 Å². The van der Waals surface area contributed by atoms with Crippen molar-refractivity contribution in [2.45, 2.75) is 24.8 Å². The maximum atomic E-state index is 12.4. The van der Waals surface area contributed by atoms with Crippen LogP contribution in [0.5, 0.6) is 5.88 Å². The smallest absolute Gasteiger partial charge is 0.257 e. The number of carbonyl (C=O) groups is 1. The number of rotatable bonds is 6. The van der Waals surface area contributed by atoms with Gasteiger partial charge < -0.3 is 10.1 Å². The first-order valence-electron chi connectivity index (χ1n) is 7.36. The van der Waals surface area contributed by atoms with E-state index in [1.807, 2.05) is 0 Å². The number of halogens is 1. The van der Waals surface area contributed by atoms with Crippen LogP contribution in [0.25, 0.3) is 0 Å². The zero-order valence-corrected chi connectivity index (χ0v) is 15.5. The minimum Gasteiger partial charge on any atom is -0.481 e. The van der Waals surface area contributed by atoms with Gasteiger partial charge in [0.15, 0.2) is 0 Å². The maximum absolute atomic E-state index is 12.4. The van der Waals surface area contributed by atoms with E-state index < -0.39 is 15.9 Å². The zero-order chi connectivity index (χ0) is 18.6. The fraction of sp³-hybridized carbons (Fsp3) is 0.250. The molecule has 2 rings (SSSR count). The van der Waals surface area contributed by atoms with Crippen molar-refractivity contribution in [1.29, 1.82) is 0 Å². The molecule has 0 radical (unpaired) electrons. The van der Waals surface area contributed by atoms with Crippen LogP contribution in [0.4, 0.5) is 5.69 Å². The van der Waals surface area contributed by atoms with Crippen molar-refractivity contribution in [2.24, 2.45) is 0 Å². The first kappa shape index (κ1) is 19.2. The SMILES string of the molecule is COc1ccc(NC(=O)c2cc(S(=O)(=O)NC(C)C)ccc2Cl)cn1. The second-order valence-corrected chi connectivity index (χ2v) is 7.58. The molecule has 1 aromatic heterocycles. The topological polar surface area (TPSA) is 97.4 Å². The Morgan fingerprint density at radius 1 is 1.24 bits per heavy atom. The Hall–Kier alpha value is -2.16. The minimum absolute atomic E-state index is 0.0383. The number of nitrogens with one attached hydrogen (secondary N) is 2. The van der Waals surface area contributed by atoms with Gasteiger partial charge >= 0.3 is 0 Å². The van der Waals surface area contributed by atoms with E-state index in [-0.39, 0.29) is 21.5 Å². The summed E-state index contributed by atoms with van der Waals surface area (Å²) in [5, 5.41) is 2.75. The second kappa shape index (κ2) is 7.81. The van der Waals surface area contributed by atoms with E-state index in [1.165, 1.54) is 31.5 Å². The van der Waals surface area contributed by atoms with E-state index >= 15 is 0 Å². The summed E-state index contributed by atoms with van der Waals surface area (Å²) in [5.74, 6) is -0.137. The summed E-state index contributed by atoms with van der Waals surface area (Å²) in [4.78, 5) is 16.4. The van der Waals surface area contributed by atoms with Gasteiger partial charge in [0.05, 0.1) is 34.5 Å². The van der Waals surface area contributed by atoms with Crippen molar-refractivity contribution < 1.29 is 17.9 Å². The number of nitrogens with zero attached hydrogens (tertiary/aromatic N) is 1. The summed E-state index contributed by atoms with van der Waals surface area (Å²) in [7, 11) is -2.25. The van der Waals surface area contributed by atoms with Crippen LogP contribution < -0.4 is 14.8 Å². The van der Waals surface area contributed by atoms with Gasteiger partial charge in [-0.3, -0.25) is 4.79 Å². The predicted molar refractivity (Wildman–Crippen MR) is 95.7 cm³/mol. The molecule has 0 bridgehead atoms. The van der Waals surface area contributed by atoms with Crippen molar-refractivity contribution in [3.8, 4) is 5.88 Å². The van der Waals surface area contributed by atoms with Gasteiger partial charge in [0, 0.05) is 12.1 Å². The highest BCUT2D eigenvalue weighted by atomic mass is 35.5. The fourth-order valence-corrected chi connectivity index (χ4v) is 3.48. The molecule has 0 atom stereocenters. The van der Waals surface area contributed by atoms with Gasteiger partial charge in [-0.15, -0.1) is 0 Å². The third-order valence-corrected chi connectivity index (χ3v) is 5.07. The number of benzene rings is 1. The van der Waals surface area contributed by atoms with Crippen molar-refractivity contribution >= 4 is 33.2 Å². The molecule has 0 aliphatic heterocycles. The van der Waals surface area contributed by atoms with Crippen molar-refractivity contribution in [2.75, 3.05) is 12.4 Å². The zero-order valence-electron chi connectivity index (χ0n) is 13.9. The number of hydrogen-bond acceptors (Lipinski definition) is 5. The number of pyridine rings is 1. The minimum atomic E-state index is -3.73. The summed E-state index contributed by atoms with van der Waals surface area (Å²) in [6.45, 7) is 3.41. The van der Waals surface area contributed by atoms with Crippen LogP contribution >= 0.6 is 11.6 Å². The van der Waals surface area contributed by atoms with Gasteiger partial charge in [-0.1, -0.05) is 11.6 Å². The molecule has 0 aliphatic rings. The Morgan fingerprint density at radius 2 is 1.96 bits per heavy atom. The van der Waals surface area contributed by atoms with Crippen LogP contribution in [0.15, 0.2) is 41.4 Å². The molecule has 0 saturated heterocycles. The van der Waals surface area contributed by atoms with E-state index in [0.29, 0.717) is 11.6 Å². The van der Waals surface area contributed by atoms with Crippen molar-refractivity contribution in [3.63, 3.8) is 0 Å². The molecule has 0 spiro atoms. The number of methoxy groups -OCH3 is 1. The average molecular weight is 384 g/mol. The number of aromatic nitrogens is 1. The Morgan fingerprint density at radius 3 is 2.52 bits per heavy atom. The predicted octanol–water partition coefficient (Wildman–Crippen LogP) is 2.68. The van der Waals surface area contributed by atoms with Gasteiger partial charge in [0.2, 0.25) is 15.9 Å². The number of hydrogen-bond donors (Lipinski definition) is 2. The lowest BCUT2D eigenvalue weighted by Gasteiger charge is -2.12. The molecule has 0 fully saturated rings. The summed E-state index contributed by atoms with van der Waals surface area (Å²) < 4.78 is 31.9. The Labute approximate surface area is 151 Å². The molecular formula is C16H18ClN3O4S. The molecule has 1 amide bonds. The van der Waals surface area contributed by atoms with Gasteiger partial charge in [-0.2, -0.15) is 0 Å². The van der Waals surface area contributed by atoms with E-state index in [2.05, 4.69) is 15.0 Å². The van der Waals surface area contributed by atoms with E-state index in [9.17, 15) is 13.2 Å². The molecule has 134 valence electrons. The fourth-order valence-electron chi connectivity index (χ4n) is 2.00. The summed E-state index contributed by atoms with van der Waals surface area (Å²) in [5.41, 5.74) is 0.472. The molecule has 25 heavy (non-hydrogen) atoms. The van der Waals surface area contributed by atoms with Gasteiger partial charge in [-0.05, 0) is 38.1 Å². The van der Waals surface area contributed by atoms with Crippen LogP contribution in [-0.2, 0) is 10.0 Å². The first-order chi connectivity index (χ1) is 11.7. The Balaban J connectivity index is 2.28. The molecular weight excluding hydrogens is 366 g/mol. The molecule has 7 nitrogen and oxygen atoms in total. The summed E-state index contributed by atoms with van der Waals surface area (Å²) in [6.07, 6.45) is 1.42. The molecule has 0 saturated carbocycles. The highest BCUT2D eigenvalue weighted by Crippen LogP contribution is 2.22. The van der Waals surface area contributed by atoms with Gasteiger partial charge in [0.25, 0.3) is 5.91 Å². The molecule has 2 N–H and O–H groups in total. The summed E-state index contributed by atoms with van der Waals surface area (Å²) >= 11 is 6.05. The van der Waals surface area contributed by atoms with Gasteiger partial charge in [-0.25, -0.2) is 18.1 Å². The highest BCUT2D eigenvalue weighted by molar-refractivity contribution is 7.89. The van der Waals surface area contributed by atoms with Crippen LogP contribution in [0.3, 0.4) is 0 Å². The monoisotopic (exact) mass is 383 g/mol. The van der Waals surface area contributed by atoms with E-state index in [0.717, 1.165) is 0 Å². The van der Waals surface area contributed by atoms with Crippen molar-refractivity contribution in [3.05, 3.63) is 47.1 Å². The number of amides is 1. The normalized spacial score (nSPS) is 11.4. The highest BCUT2D eigenvalue weighted by Gasteiger charge is 2.19. The van der Waals surface area contributed by atoms with Crippen LogP contribution in [0.1, 0.15) is 24.2 Å². The molecule has 0 aliphatic carbocycles. The van der Waals surface area contributed by atoms with Crippen LogP contribution in [0, 0.1) is 0 Å². The first-order valence-corrected chi connectivity index (χ1v) is 9.22. The number of anilines is 1. The summed E-state index contributed by atoms with van der Waals surface area (Å²) in [6, 6.07) is 6.88. The van der Waals surface area contributed by atoms with Crippen molar-refractivity contribution in [1.82, 2.24) is 9.71 Å². The standard InChI is InChI=1S/C16H18ClN3O4S/c1-10(2)20-25(22,23)12-5-6-14(17)13(8-12)16(21)19-11-4-7-15(24-3)18-9-11/h4-10,20H,1-3H3,(H,19,21). The number of carbonyl (C=O) groups excluding carboxylic acids is 1. The lowest BCUT2D eigenvalue weighted by atomic mass is 10.2. The van der Waals surface area contributed by atoms with E-state index in [4.69, 9.17) is 16.3 Å². The third kappa shape index (κ3) is 4.91. The quantitative estimate of drug-likeness (QED) is 0.799. The lowest BCUT2D eigenvalue weighted by molar-refractivity contribution is 0.102. The maximum Gasteiger partial charge on any atom is 0.257 e. The molecule has 2 aromatic rings. The molecule has 0 unspecified atom stereocenters. The molecule has 9 heteroatoms. The van der Waals surface area contributed by atoms with Gasteiger partial charge in [0.1, 0.15) is 0 Å². The second-order valence-electron chi connectivity index (χ2n) is 5.46. The number of sulfonamides is 1. The Bertz CT molecular complexity index is 867. The third-order valence-electron chi connectivity index (χ3n) is 3.09. The average Bonchev–Trinajstić information content (AvgIpc) is 2.54. The van der Waals surface area contributed by atoms with E-state index in [1.54, 1.807) is 26.0 Å². The lowest BCUT2D eigenvalue weighted by Crippen LogP contribution is -2.30. The Kier molecular flexibility index (Phi) is 5.99. The largest absolute Gasteiger partial charge is 0.481 e.